The molecule has 1 aliphatic heterocycles. The summed E-state index contributed by atoms with van der Waals surface area (Å²) in [5.74, 6) is 0. The predicted octanol–water partition coefficient (Wildman–Crippen LogP) is 1.95. The van der Waals surface area contributed by atoms with Gasteiger partial charge in [-0.25, -0.2) is 0 Å². The van der Waals surface area contributed by atoms with E-state index < -0.39 is 0 Å². The average Bonchev–Trinajstić information content (AvgIpc) is 2.42. The van der Waals surface area contributed by atoms with Gasteiger partial charge in [0, 0.05) is 26.8 Å². The molecule has 0 bridgehead atoms. The molecule has 0 unspecified atom stereocenters. The Kier molecular flexibility index (Phi) is 18.9. The molecule has 0 saturated carbocycles. The van der Waals surface area contributed by atoms with Gasteiger partial charge in [0.1, 0.15) is 0 Å². The first-order valence-electron chi connectivity index (χ1n) is 7.14. The summed E-state index contributed by atoms with van der Waals surface area (Å²) in [7, 11) is 5.93. The van der Waals surface area contributed by atoms with Crippen LogP contribution in [0.15, 0.2) is 0 Å². The molecule has 1 saturated heterocycles. The minimum absolute atomic E-state index is 0.819. The van der Waals surface area contributed by atoms with Crippen LogP contribution in [0, 0.1) is 0 Å². The summed E-state index contributed by atoms with van der Waals surface area (Å²) >= 11 is 0. The van der Waals surface area contributed by atoms with Gasteiger partial charge >= 0.3 is 0 Å². The quantitative estimate of drug-likeness (QED) is 0.756. The zero-order valence-corrected chi connectivity index (χ0v) is 13.4. The Morgan fingerprint density at radius 3 is 2.06 bits per heavy atom. The fraction of sp³-hybridized carbons (Fsp3) is 1.00. The monoisotopic (exact) mass is 262 g/mol. The van der Waals surface area contributed by atoms with Crippen LogP contribution in [-0.4, -0.2) is 77.0 Å². The molecule has 112 valence electrons. The zero-order chi connectivity index (χ0) is 14.2. The van der Waals surface area contributed by atoms with E-state index in [9.17, 15) is 0 Å². The summed E-state index contributed by atoms with van der Waals surface area (Å²) in [6.07, 6.45) is 1.27. The fourth-order valence-electron chi connectivity index (χ4n) is 1.44. The van der Waals surface area contributed by atoms with Gasteiger partial charge in [-0.1, -0.05) is 13.8 Å². The maximum Gasteiger partial charge on any atom is 0.0594 e. The molecule has 1 rings (SSSR count). The lowest BCUT2D eigenvalue weighted by atomic mass is 10.3. The number of morpholine rings is 1. The van der Waals surface area contributed by atoms with E-state index in [0.29, 0.717) is 0 Å². The van der Waals surface area contributed by atoms with Crippen molar-refractivity contribution in [2.24, 2.45) is 0 Å². The van der Waals surface area contributed by atoms with Gasteiger partial charge in [0.2, 0.25) is 0 Å². The minimum atomic E-state index is 0.819. The van der Waals surface area contributed by atoms with Crippen molar-refractivity contribution >= 4 is 0 Å². The second kappa shape index (κ2) is 16.8. The lowest BCUT2D eigenvalue weighted by molar-refractivity contribution is 0.0366. The Balaban J connectivity index is 0. The van der Waals surface area contributed by atoms with E-state index in [2.05, 4.69) is 28.6 Å². The van der Waals surface area contributed by atoms with Gasteiger partial charge in [0.15, 0.2) is 0 Å². The lowest BCUT2D eigenvalue weighted by Crippen LogP contribution is -2.37. The summed E-state index contributed by atoms with van der Waals surface area (Å²) < 4.78 is 9.82. The number of nitrogens with zero attached hydrogens (tertiary/aromatic N) is 2. The Labute approximate surface area is 114 Å². The molecule has 4 nitrogen and oxygen atoms in total. The third-order valence-electron chi connectivity index (χ3n) is 2.47. The van der Waals surface area contributed by atoms with E-state index >= 15 is 0 Å². The van der Waals surface area contributed by atoms with Crippen molar-refractivity contribution < 1.29 is 9.47 Å². The molecular weight excluding hydrogens is 228 g/mol. The van der Waals surface area contributed by atoms with Crippen molar-refractivity contribution in [3.05, 3.63) is 0 Å². The molecule has 0 amide bonds. The summed E-state index contributed by atoms with van der Waals surface area (Å²) in [6, 6.07) is 0. The van der Waals surface area contributed by atoms with Crippen molar-refractivity contribution in [1.29, 1.82) is 0 Å². The average molecular weight is 262 g/mol. The van der Waals surface area contributed by atoms with Gasteiger partial charge in [-0.3, -0.25) is 4.90 Å². The molecule has 1 aliphatic rings. The molecule has 1 heterocycles. The van der Waals surface area contributed by atoms with Crippen LogP contribution in [0.2, 0.25) is 0 Å². The largest absolute Gasteiger partial charge is 0.385 e. The lowest BCUT2D eigenvalue weighted by Gasteiger charge is -2.26. The van der Waals surface area contributed by atoms with Crippen LogP contribution < -0.4 is 0 Å². The number of methoxy groups -OCH3 is 1. The molecule has 0 N–H and O–H groups in total. The highest BCUT2D eigenvalue weighted by Crippen LogP contribution is 1.97. The van der Waals surface area contributed by atoms with E-state index in [1.54, 1.807) is 7.11 Å². The highest BCUT2D eigenvalue weighted by molar-refractivity contribution is 4.62. The Hall–Kier alpha value is -0.160. The van der Waals surface area contributed by atoms with E-state index in [1.807, 2.05) is 20.8 Å². The van der Waals surface area contributed by atoms with E-state index in [0.717, 1.165) is 32.9 Å². The molecular formula is C14H34N2O2. The van der Waals surface area contributed by atoms with Gasteiger partial charge in [0.05, 0.1) is 13.2 Å². The Bertz CT molecular complexity index is 136. The molecule has 0 aromatic heterocycles. The summed E-state index contributed by atoms with van der Waals surface area (Å²) in [4.78, 5) is 4.72. The SMILES string of the molecule is CC.CCOC.CN(C)CCCN1CCOCC1. The first-order valence-corrected chi connectivity index (χ1v) is 7.14. The molecule has 0 atom stereocenters. The van der Waals surface area contributed by atoms with E-state index in [-0.39, 0.29) is 0 Å². The molecule has 4 heteroatoms. The molecule has 0 aromatic carbocycles. The first-order chi connectivity index (χ1) is 8.70. The molecule has 0 aliphatic carbocycles. The highest BCUT2D eigenvalue weighted by atomic mass is 16.5. The van der Waals surface area contributed by atoms with Gasteiger partial charge in [-0.2, -0.15) is 0 Å². The molecule has 1 fully saturated rings. The maximum absolute atomic E-state index is 5.28. The van der Waals surface area contributed by atoms with Crippen LogP contribution in [0.1, 0.15) is 27.2 Å². The number of ether oxygens (including phenoxy) is 2. The fourth-order valence-corrected chi connectivity index (χ4v) is 1.44. The van der Waals surface area contributed by atoms with E-state index in [1.165, 1.54) is 19.5 Å². The van der Waals surface area contributed by atoms with E-state index in [4.69, 9.17) is 4.74 Å². The second-order valence-corrected chi connectivity index (χ2v) is 4.19. The first kappa shape index (κ1) is 20.2. The van der Waals surface area contributed by atoms with Crippen molar-refractivity contribution in [3.8, 4) is 0 Å². The van der Waals surface area contributed by atoms with Crippen LogP contribution in [0.4, 0.5) is 0 Å². The minimum Gasteiger partial charge on any atom is -0.385 e. The second-order valence-electron chi connectivity index (χ2n) is 4.19. The number of hydrogen-bond donors (Lipinski definition) is 0. The third kappa shape index (κ3) is 15.8. The van der Waals surface area contributed by atoms with Crippen LogP contribution in [0.3, 0.4) is 0 Å². The standard InChI is InChI=1S/C9H20N2O.C3H8O.C2H6/c1-10(2)4-3-5-11-6-8-12-9-7-11;1-3-4-2;1-2/h3-9H2,1-2H3;3H2,1-2H3;1-2H3. The van der Waals surface area contributed by atoms with Gasteiger partial charge in [-0.15, -0.1) is 0 Å². The summed E-state index contributed by atoms with van der Waals surface area (Å²) in [6.45, 7) is 13.3. The van der Waals surface area contributed by atoms with Crippen LogP contribution in [-0.2, 0) is 9.47 Å². The molecule has 0 spiro atoms. The highest BCUT2D eigenvalue weighted by Gasteiger charge is 2.08. The van der Waals surface area contributed by atoms with Crippen molar-refractivity contribution in [2.45, 2.75) is 27.2 Å². The van der Waals surface area contributed by atoms with Crippen molar-refractivity contribution in [2.75, 3.05) is 67.2 Å². The third-order valence-corrected chi connectivity index (χ3v) is 2.47. The van der Waals surface area contributed by atoms with Gasteiger partial charge < -0.3 is 14.4 Å². The molecule has 0 aromatic rings. The predicted molar refractivity (Wildman–Crippen MR) is 79.3 cm³/mol. The Morgan fingerprint density at radius 2 is 1.67 bits per heavy atom. The normalized spacial score (nSPS) is 15.5. The summed E-state index contributed by atoms with van der Waals surface area (Å²) in [5.41, 5.74) is 0. The van der Waals surface area contributed by atoms with Crippen LogP contribution in [0.5, 0.6) is 0 Å². The van der Waals surface area contributed by atoms with Crippen molar-refractivity contribution in [3.63, 3.8) is 0 Å². The maximum atomic E-state index is 5.28. The number of hydrogen-bond acceptors (Lipinski definition) is 4. The van der Waals surface area contributed by atoms with Crippen LogP contribution in [0.25, 0.3) is 0 Å². The van der Waals surface area contributed by atoms with Crippen molar-refractivity contribution in [1.82, 2.24) is 9.80 Å². The molecule has 18 heavy (non-hydrogen) atoms. The van der Waals surface area contributed by atoms with Gasteiger partial charge in [-0.05, 0) is 40.5 Å². The van der Waals surface area contributed by atoms with Gasteiger partial charge in [0.25, 0.3) is 0 Å². The Morgan fingerprint density at radius 1 is 1.17 bits per heavy atom. The molecule has 0 radical (unpaired) electrons. The zero-order valence-electron chi connectivity index (χ0n) is 13.4. The summed E-state index contributed by atoms with van der Waals surface area (Å²) in [5, 5.41) is 0. The number of rotatable bonds is 5. The topological polar surface area (TPSA) is 24.9 Å². The smallest absolute Gasteiger partial charge is 0.0594 e. The van der Waals surface area contributed by atoms with Crippen LogP contribution >= 0.6 is 0 Å².